The van der Waals surface area contributed by atoms with Crippen molar-refractivity contribution in [3.05, 3.63) is 119 Å². The molecule has 1 heterocycles. The number of nitrogens with one attached hydrogen (secondary N) is 1. The highest BCUT2D eigenvalue weighted by Crippen LogP contribution is 2.47. The Morgan fingerprint density at radius 1 is 0.815 bits per heavy atom. The van der Waals surface area contributed by atoms with Crippen LogP contribution in [0.2, 0.25) is 0 Å². The first-order chi connectivity index (χ1) is 25.7. The van der Waals surface area contributed by atoms with E-state index in [1.807, 2.05) is 98.5 Å². The third-order valence-corrected chi connectivity index (χ3v) is 11.2. The summed E-state index contributed by atoms with van der Waals surface area (Å²) in [5.74, 6) is 0.512. The van der Waals surface area contributed by atoms with Gasteiger partial charge in [-0.25, -0.2) is 4.79 Å². The van der Waals surface area contributed by atoms with Crippen molar-refractivity contribution in [1.29, 1.82) is 0 Å². The summed E-state index contributed by atoms with van der Waals surface area (Å²) in [7, 11) is 1.34. The predicted octanol–water partition coefficient (Wildman–Crippen LogP) is 9.55. The molecule has 6 rings (SSSR count). The molecule has 2 amide bonds. The summed E-state index contributed by atoms with van der Waals surface area (Å²) in [6.45, 7) is 12.6. The number of hydrogen-bond donors (Lipinski definition) is 1. The van der Waals surface area contributed by atoms with E-state index in [4.69, 9.17) is 9.47 Å². The van der Waals surface area contributed by atoms with Gasteiger partial charge in [0.2, 0.25) is 5.91 Å². The minimum absolute atomic E-state index is 0.00821. The standard InChI is InChI=1S/C47H56N2O5/c1-45(2,3)37-22-25-38(26-23-37)54-39-24-21-36-27-28-49(44(52)46(4,5)6)47(40(36)30-39,31-33-13-11-12-14-33)43(51)48-41(42(50)53-7)29-32-17-19-35(20-18-32)34-15-9-8-10-16-34/h8-10,15-26,30,33,41H,11-14,27-29,31H2,1-7H3,(H,48,51)/t41-,47?/m0/s1. The Balaban J connectivity index is 1.41. The van der Waals surface area contributed by atoms with Gasteiger partial charge in [0.1, 0.15) is 23.1 Å². The molecular formula is C47H56N2O5. The maximum atomic E-state index is 15.4. The number of carbonyl (C=O) groups excluding carboxylic acids is 3. The maximum absolute atomic E-state index is 15.4. The predicted molar refractivity (Wildman–Crippen MR) is 214 cm³/mol. The molecule has 1 aliphatic heterocycles. The Bertz CT molecular complexity index is 1930. The van der Waals surface area contributed by atoms with Gasteiger partial charge in [-0.15, -0.1) is 0 Å². The summed E-state index contributed by atoms with van der Waals surface area (Å²) >= 11 is 0. The first-order valence-corrected chi connectivity index (χ1v) is 19.5. The third kappa shape index (κ3) is 8.41. The van der Waals surface area contributed by atoms with Crippen LogP contribution in [-0.4, -0.2) is 42.4 Å². The summed E-state index contributed by atoms with van der Waals surface area (Å²) < 4.78 is 11.8. The Morgan fingerprint density at radius 2 is 1.44 bits per heavy atom. The quantitative estimate of drug-likeness (QED) is 0.165. The van der Waals surface area contributed by atoms with Crippen molar-refractivity contribution >= 4 is 17.8 Å². The molecule has 0 aromatic heterocycles. The van der Waals surface area contributed by atoms with Crippen LogP contribution in [0.5, 0.6) is 11.5 Å². The molecule has 1 aliphatic carbocycles. The van der Waals surface area contributed by atoms with Gasteiger partial charge in [0.15, 0.2) is 0 Å². The zero-order valence-corrected chi connectivity index (χ0v) is 33.0. The van der Waals surface area contributed by atoms with Crippen LogP contribution in [0.1, 0.15) is 95.9 Å². The summed E-state index contributed by atoms with van der Waals surface area (Å²) in [6.07, 6.45) is 5.42. The Morgan fingerprint density at radius 3 is 2.06 bits per heavy atom. The number of methoxy groups -OCH3 is 1. The molecule has 1 unspecified atom stereocenters. The number of hydrogen-bond acceptors (Lipinski definition) is 5. The van der Waals surface area contributed by atoms with Crippen LogP contribution in [0.4, 0.5) is 0 Å². The average Bonchev–Trinajstić information content (AvgIpc) is 3.67. The highest BCUT2D eigenvalue weighted by atomic mass is 16.5. The second-order valence-electron chi connectivity index (χ2n) is 17.2. The Labute approximate surface area is 321 Å². The lowest BCUT2D eigenvalue weighted by Gasteiger charge is -2.50. The first kappa shape index (κ1) is 38.8. The monoisotopic (exact) mass is 728 g/mol. The number of rotatable bonds is 10. The number of esters is 1. The van der Waals surface area contributed by atoms with Crippen molar-refractivity contribution < 1.29 is 23.9 Å². The molecule has 0 saturated heterocycles. The molecular weight excluding hydrogens is 673 g/mol. The fraction of sp³-hybridized carbons (Fsp3) is 0.426. The lowest BCUT2D eigenvalue weighted by atomic mass is 9.72. The van der Waals surface area contributed by atoms with E-state index in [-0.39, 0.29) is 29.6 Å². The van der Waals surface area contributed by atoms with Gasteiger partial charge in [-0.2, -0.15) is 0 Å². The molecule has 1 saturated carbocycles. The molecule has 0 radical (unpaired) electrons. The molecule has 7 heteroatoms. The highest BCUT2D eigenvalue weighted by Gasteiger charge is 2.54. The second kappa shape index (κ2) is 15.8. The number of benzene rings is 4. The zero-order valence-electron chi connectivity index (χ0n) is 33.0. The van der Waals surface area contributed by atoms with E-state index in [1.165, 1.54) is 12.7 Å². The normalized spacial score (nSPS) is 18.1. The van der Waals surface area contributed by atoms with E-state index in [0.29, 0.717) is 30.9 Å². The highest BCUT2D eigenvalue weighted by molar-refractivity contribution is 5.97. The summed E-state index contributed by atoms with van der Waals surface area (Å²) in [6, 6.07) is 31.2. The van der Waals surface area contributed by atoms with E-state index in [9.17, 15) is 9.59 Å². The lowest BCUT2D eigenvalue weighted by molar-refractivity contribution is -0.158. The molecule has 0 bridgehead atoms. The minimum atomic E-state index is -1.37. The van der Waals surface area contributed by atoms with Crippen LogP contribution in [-0.2, 0) is 42.9 Å². The number of fused-ring (bicyclic) bond motifs is 1. The Hall–Kier alpha value is -4.91. The molecule has 2 aliphatic rings. The summed E-state index contributed by atoms with van der Waals surface area (Å²) in [5.41, 5.74) is 3.90. The van der Waals surface area contributed by atoms with Crippen LogP contribution in [0.3, 0.4) is 0 Å². The fourth-order valence-corrected chi connectivity index (χ4v) is 8.13. The van der Waals surface area contributed by atoms with Crippen molar-refractivity contribution in [3.63, 3.8) is 0 Å². The maximum Gasteiger partial charge on any atom is 0.328 e. The van der Waals surface area contributed by atoms with Crippen molar-refractivity contribution in [2.75, 3.05) is 13.7 Å². The Kier molecular flexibility index (Phi) is 11.4. The summed E-state index contributed by atoms with van der Waals surface area (Å²) in [4.78, 5) is 45.3. The number of carbonyl (C=O) groups is 3. The second-order valence-corrected chi connectivity index (χ2v) is 17.2. The molecule has 54 heavy (non-hydrogen) atoms. The molecule has 4 aromatic carbocycles. The zero-order chi connectivity index (χ0) is 38.7. The fourth-order valence-electron chi connectivity index (χ4n) is 8.13. The van der Waals surface area contributed by atoms with Crippen LogP contribution in [0, 0.1) is 11.3 Å². The van der Waals surface area contributed by atoms with Crippen molar-refractivity contribution in [2.24, 2.45) is 11.3 Å². The van der Waals surface area contributed by atoms with Gasteiger partial charge in [0, 0.05) is 18.4 Å². The van der Waals surface area contributed by atoms with Gasteiger partial charge >= 0.3 is 5.97 Å². The van der Waals surface area contributed by atoms with Gasteiger partial charge < -0.3 is 19.7 Å². The third-order valence-electron chi connectivity index (χ3n) is 11.2. The van der Waals surface area contributed by atoms with Gasteiger partial charge in [-0.1, -0.05) is 140 Å². The smallest absolute Gasteiger partial charge is 0.328 e. The van der Waals surface area contributed by atoms with Crippen LogP contribution in [0.25, 0.3) is 11.1 Å². The largest absolute Gasteiger partial charge is 0.467 e. The van der Waals surface area contributed by atoms with E-state index < -0.39 is 23.0 Å². The van der Waals surface area contributed by atoms with Gasteiger partial charge in [-0.05, 0) is 81.8 Å². The van der Waals surface area contributed by atoms with Crippen molar-refractivity contribution in [1.82, 2.24) is 10.2 Å². The number of ether oxygens (including phenoxy) is 2. The molecule has 7 nitrogen and oxygen atoms in total. The molecule has 1 N–H and O–H groups in total. The molecule has 0 spiro atoms. The number of nitrogens with zero attached hydrogens (tertiary/aromatic N) is 1. The van der Waals surface area contributed by atoms with E-state index >= 15 is 4.79 Å². The average molecular weight is 729 g/mol. The SMILES string of the molecule is COC(=O)[C@H](Cc1ccc(-c2ccccc2)cc1)NC(=O)C1(CC2CCCC2)c2cc(Oc3ccc(C(C)(C)C)cc3)ccc2CCN1C(=O)C(C)(C)C. The summed E-state index contributed by atoms with van der Waals surface area (Å²) in [5, 5.41) is 3.17. The van der Waals surface area contributed by atoms with E-state index in [2.05, 4.69) is 50.4 Å². The first-order valence-electron chi connectivity index (χ1n) is 19.5. The van der Waals surface area contributed by atoms with Crippen LogP contribution < -0.4 is 10.1 Å². The molecule has 2 atom stereocenters. The molecule has 1 fully saturated rings. The van der Waals surface area contributed by atoms with Gasteiger partial charge in [0.05, 0.1) is 7.11 Å². The van der Waals surface area contributed by atoms with Crippen LogP contribution in [0.15, 0.2) is 97.1 Å². The van der Waals surface area contributed by atoms with Crippen molar-refractivity contribution in [2.45, 2.75) is 103 Å². The minimum Gasteiger partial charge on any atom is -0.467 e. The molecule has 4 aromatic rings. The topological polar surface area (TPSA) is 84.9 Å². The van der Waals surface area contributed by atoms with Crippen LogP contribution >= 0.6 is 0 Å². The van der Waals surface area contributed by atoms with Crippen molar-refractivity contribution in [3.8, 4) is 22.6 Å². The molecule has 284 valence electrons. The number of amides is 2. The van der Waals surface area contributed by atoms with E-state index in [1.54, 1.807) is 0 Å². The van der Waals surface area contributed by atoms with Gasteiger partial charge in [0.25, 0.3) is 5.91 Å². The lowest BCUT2D eigenvalue weighted by Crippen LogP contribution is -2.65. The van der Waals surface area contributed by atoms with Gasteiger partial charge in [-0.3, -0.25) is 9.59 Å². The van der Waals surface area contributed by atoms with E-state index in [0.717, 1.165) is 53.5 Å².